The van der Waals surface area contributed by atoms with Crippen molar-refractivity contribution in [3.8, 4) is 0 Å². The van der Waals surface area contributed by atoms with Gasteiger partial charge in [-0.15, -0.1) is 24.0 Å². The summed E-state index contributed by atoms with van der Waals surface area (Å²) in [6.45, 7) is 6.97. The quantitative estimate of drug-likeness (QED) is 0.423. The summed E-state index contributed by atoms with van der Waals surface area (Å²) in [6, 6.07) is 0.350. The smallest absolute Gasteiger partial charge is 0.194 e. The fraction of sp³-hybridized carbons (Fsp3) is 0.929. The second-order valence-electron chi connectivity index (χ2n) is 6.28. The van der Waals surface area contributed by atoms with Gasteiger partial charge in [0.25, 0.3) is 0 Å². The lowest BCUT2D eigenvalue weighted by Gasteiger charge is -2.31. The van der Waals surface area contributed by atoms with Crippen LogP contribution in [-0.2, 0) is 9.84 Å². The number of hydrogen-bond donors (Lipinski definition) is 1. The fourth-order valence-electron chi connectivity index (χ4n) is 2.83. The van der Waals surface area contributed by atoms with Crippen LogP contribution in [0.3, 0.4) is 0 Å². The molecule has 21 heavy (non-hydrogen) atoms. The first kappa shape index (κ1) is 19.0. The molecular formula is C14H28IN3O2S. The number of aliphatic imine (C=N–C) groups is 1. The Morgan fingerprint density at radius 1 is 1.29 bits per heavy atom. The van der Waals surface area contributed by atoms with Crippen LogP contribution in [0.2, 0.25) is 0 Å². The first-order chi connectivity index (χ1) is 9.46. The summed E-state index contributed by atoms with van der Waals surface area (Å²) in [5, 5.41) is 3.42. The third kappa shape index (κ3) is 6.30. The van der Waals surface area contributed by atoms with Gasteiger partial charge in [0.15, 0.2) is 15.8 Å². The van der Waals surface area contributed by atoms with E-state index in [4.69, 9.17) is 4.99 Å². The second-order valence-corrected chi connectivity index (χ2v) is 8.51. The van der Waals surface area contributed by atoms with E-state index < -0.39 is 9.84 Å². The molecule has 124 valence electrons. The Balaban J connectivity index is 0.00000220. The first-order valence-corrected chi connectivity index (χ1v) is 9.55. The molecule has 0 spiro atoms. The van der Waals surface area contributed by atoms with Gasteiger partial charge in [-0.3, -0.25) is 4.99 Å². The van der Waals surface area contributed by atoms with Gasteiger partial charge in [-0.05, 0) is 45.4 Å². The number of rotatable bonds is 3. The average molecular weight is 429 g/mol. The maximum absolute atomic E-state index is 11.5. The lowest BCUT2D eigenvalue weighted by molar-refractivity contribution is 0.327. The van der Waals surface area contributed by atoms with Gasteiger partial charge in [-0.25, -0.2) is 8.42 Å². The van der Waals surface area contributed by atoms with Gasteiger partial charge < -0.3 is 10.2 Å². The van der Waals surface area contributed by atoms with Crippen LogP contribution in [0, 0.1) is 5.92 Å². The summed E-state index contributed by atoms with van der Waals surface area (Å²) >= 11 is 0. The highest BCUT2D eigenvalue weighted by molar-refractivity contribution is 14.0. The molecule has 0 radical (unpaired) electrons. The molecule has 2 rings (SSSR count). The highest BCUT2D eigenvalue weighted by Gasteiger charge is 2.28. The SMILES string of the molecule is CC(C)NC(=NCC1CCS(=O)(=O)C1)N1CCCCC1.I. The molecular weight excluding hydrogens is 401 g/mol. The summed E-state index contributed by atoms with van der Waals surface area (Å²) in [4.78, 5) is 7.01. The maximum Gasteiger partial charge on any atom is 0.194 e. The number of piperidine rings is 1. The van der Waals surface area contributed by atoms with Crippen LogP contribution >= 0.6 is 24.0 Å². The summed E-state index contributed by atoms with van der Waals surface area (Å²) in [5.41, 5.74) is 0. The van der Waals surface area contributed by atoms with Crippen molar-refractivity contribution >= 4 is 39.8 Å². The Morgan fingerprint density at radius 2 is 1.95 bits per heavy atom. The molecule has 2 saturated heterocycles. The second kappa shape index (κ2) is 8.55. The Bertz CT molecular complexity index is 445. The minimum absolute atomic E-state index is 0. The summed E-state index contributed by atoms with van der Waals surface area (Å²) in [7, 11) is -2.79. The van der Waals surface area contributed by atoms with Crippen molar-refractivity contribution in [2.75, 3.05) is 31.1 Å². The van der Waals surface area contributed by atoms with Gasteiger partial charge in [0.05, 0.1) is 11.5 Å². The lowest BCUT2D eigenvalue weighted by atomic mass is 10.1. The highest BCUT2D eigenvalue weighted by atomic mass is 127. The number of guanidine groups is 1. The first-order valence-electron chi connectivity index (χ1n) is 7.72. The van der Waals surface area contributed by atoms with Crippen LogP contribution in [0.5, 0.6) is 0 Å². The largest absolute Gasteiger partial charge is 0.354 e. The molecule has 0 aromatic carbocycles. The van der Waals surface area contributed by atoms with E-state index in [1.807, 2.05) is 0 Å². The predicted octanol–water partition coefficient (Wildman–Crippen LogP) is 1.88. The van der Waals surface area contributed by atoms with Crippen LogP contribution < -0.4 is 5.32 Å². The molecule has 0 amide bonds. The standard InChI is InChI=1S/C14H27N3O2S.HI/c1-12(2)16-14(17-7-4-3-5-8-17)15-10-13-6-9-20(18,19)11-13;/h12-13H,3-11H2,1-2H3,(H,15,16);1H. The zero-order chi connectivity index (χ0) is 14.6. The molecule has 2 fully saturated rings. The van der Waals surface area contributed by atoms with E-state index in [9.17, 15) is 8.42 Å². The molecule has 5 nitrogen and oxygen atoms in total. The van der Waals surface area contributed by atoms with Gasteiger partial charge in [0.2, 0.25) is 0 Å². The van der Waals surface area contributed by atoms with Crippen LogP contribution in [0.4, 0.5) is 0 Å². The van der Waals surface area contributed by atoms with Crippen LogP contribution in [0.1, 0.15) is 39.5 Å². The topological polar surface area (TPSA) is 61.8 Å². The van der Waals surface area contributed by atoms with Crippen molar-refractivity contribution < 1.29 is 8.42 Å². The predicted molar refractivity (Wildman–Crippen MR) is 98.2 cm³/mol. The van der Waals surface area contributed by atoms with Crippen LogP contribution in [-0.4, -0.2) is 56.5 Å². The number of nitrogens with zero attached hydrogens (tertiary/aromatic N) is 2. The van der Waals surface area contributed by atoms with E-state index in [1.54, 1.807) is 0 Å². The van der Waals surface area contributed by atoms with Crippen molar-refractivity contribution in [3.63, 3.8) is 0 Å². The molecule has 1 unspecified atom stereocenters. The number of halogens is 1. The van der Waals surface area contributed by atoms with E-state index in [0.717, 1.165) is 25.5 Å². The number of sulfone groups is 1. The Labute approximate surface area is 145 Å². The van der Waals surface area contributed by atoms with Gasteiger partial charge >= 0.3 is 0 Å². The molecule has 1 atom stereocenters. The molecule has 0 saturated carbocycles. The highest BCUT2D eigenvalue weighted by Crippen LogP contribution is 2.19. The lowest BCUT2D eigenvalue weighted by Crippen LogP contribution is -2.46. The van der Waals surface area contributed by atoms with Crippen LogP contribution in [0.25, 0.3) is 0 Å². The third-order valence-electron chi connectivity index (χ3n) is 3.90. The monoisotopic (exact) mass is 429 g/mol. The Morgan fingerprint density at radius 3 is 2.48 bits per heavy atom. The Hall–Kier alpha value is -0.0500. The summed E-state index contributed by atoms with van der Waals surface area (Å²) < 4.78 is 23.0. The number of hydrogen-bond acceptors (Lipinski definition) is 3. The van der Waals surface area contributed by atoms with Crippen molar-refractivity contribution in [2.24, 2.45) is 10.9 Å². The molecule has 2 heterocycles. The molecule has 0 aliphatic carbocycles. The molecule has 2 aliphatic rings. The van der Waals surface area contributed by atoms with E-state index in [0.29, 0.717) is 24.1 Å². The minimum atomic E-state index is -2.79. The van der Waals surface area contributed by atoms with E-state index in [-0.39, 0.29) is 29.9 Å². The zero-order valence-electron chi connectivity index (χ0n) is 13.0. The summed E-state index contributed by atoms with van der Waals surface area (Å²) in [6.07, 6.45) is 4.50. The fourth-order valence-corrected chi connectivity index (χ4v) is 4.68. The molecule has 1 N–H and O–H groups in total. The van der Waals surface area contributed by atoms with Crippen LogP contribution in [0.15, 0.2) is 4.99 Å². The normalized spacial score (nSPS) is 25.8. The van der Waals surface area contributed by atoms with Gasteiger partial charge in [0.1, 0.15) is 0 Å². The number of nitrogens with one attached hydrogen (secondary N) is 1. The minimum Gasteiger partial charge on any atom is -0.354 e. The zero-order valence-corrected chi connectivity index (χ0v) is 16.2. The van der Waals surface area contributed by atoms with Gasteiger partial charge in [-0.1, -0.05) is 0 Å². The number of likely N-dealkylation sites (tertiary alicyclic amines) is 1. The maximum atomic E-state index is 11.5. The van der Waals surface area contributed by atoms with Gasteiger partial charge in [0, 0.05) is 25.7 Å². The van der Waals surface area contributed by atoms with Crippen molar-refractivity contribution in [1.82, 2.24) is 10.2 Å². The molecule has 2 aliphatic heterocycles. The van der Waals surface area contributed by atoms with E-state index >= 15 is 0 Å². The summed E-state index contributed by atoms with van der Waals surface area (Å²) in [5.74, 6) is 1.81. The third-order valence-corrected chi connectivity index (χ3v) is 5.74. The van der Waals surface area contributed by atoms with Crippen molar-refractivity contribution in [1.29, 1.82) is 0 Å². The molecule has 0 bridgehead atoms. The molecule has 0 aromatic rings. The van der Waals surface area contributed by atoms with Crippen molar-refractivity contribution in [3.05, 3.63) is 0 Å². The Kier molecular flexibility index (Phi) is 7.73. The van der Waals surface area contributed by atoms with E-state index in [1.165, 1.54) is 19.3 Å². The van der Waals surface area contributed by atoms with E-state index in [2.05, 4.69) is 24.1 Å². The average Bonchev–Trinajstić information content (AvgIpc) is 2.75. The molecule has 0 aromatic heterocycles. The van der Waals surface area contributed by atoms with Crippen molar-refractivity contribution in [2.45, 2.75) is 45.6 Å². The molecule has 7 heteroatoms. The van der Waals surface area contributed by atoms with Gasteiger partial charge in [-0.2, -0.15) is 0 Å².